The van der Waals surface area contributed by atoms with Gasteiger partial charge in [-0.05, 0) is 35.9 Å². The third-order valence-electron chi connectivity index (χ3n) is 5.15. The van der Waals surface area contributed by atoms with E-state index in [1.165, 1.54) is 0 Å². The van der Waals surface area contributed by atoms with Crippen molar-refractivity contribution >= 4 is 48.9 Å². The average Bonchev–Trinajstić information content (AvgIpc) is 2.70. The average molecular weight is 439 g/mol. The monoisotopic (exact) mass is 438 g/mol. The fraction of sp³-hybridized carbons (Fsp3) is 0.167. The van der Waals surface area contributed by atoms with Crippen LogP contribution in [-0.2, 0) is 0 Å². The van der Waals surface area contributed by atoms with Gasteiger partial charge in [0.05, 0.1) is 5.56 Å². The fourth-order valence-electron chi connectivity index (χ4n) is 3.60. The lowest BCUT2D eigenvalue weighted by Crippen LogP contribution is -3.00. The molecule has 0 radical (unpaired) electrons. The molecule has 0 bridgehead atoms. The van der Waals surface area contributed by atoms with Crippen LogP contribution in [0.5, 0.6) is 0 Å². The number of hydrogen-bond acceptors (Lipinski definition) is 3. The molecule has 0 aliphatic carbocycles. The predicted octanol–water partition coefficient (Wildman–Crippen LogP) is 2.84. The van der Waals surface area contributed by atoms with Crippen LogP contribution in [0, 0.1) is 0 Å². The molecule has 1 aromatic heterocycles. The number of carboxylic acid groups (broad SMARTS) is 1. The molecule has 6 heteroatoms. The molecule has 30 heavy (non-hydrogen) atoms. The summed E-state index contributed by atoms with van der Waals surface area (Å²) in [5, 5.41) is 11.9. The zero-order valence-electron chi connectivity index (χ0n) is 17.3. The Hall–Kier alpha value is -2.89. The van der Waals surface area contributed by atoms with Gasteiger partial charge in [-0.2, -0.15) is 0 Å². The minimum absolute atomic E-state index is 0. The van der Waals surface area contributed by atoms with Gasteiger partial charge < -0.3 is 27.3 Å². The first kappa shape index (κ1) is 21.8. The molecule has 0 saturated heterocycles. The van der Waals surface area contributed by atoms with Crippen molar-refractivity contribution in [1.29, 1.82) is 0 Å². The van der Waals surface area contributed by atoms with E-state index in [9.17, 15) is 9.90 Å². The van der Waals surface area contributed by atoms with Crippen LogP contribution in [0.4, 0.5) is 11.4 Å². The second-order valence-electron chi connectivity index (χ2n) is 7.48. The molecule has 0 aliphatic heterocycles. The SMILES string of the molecule is CN(C)c1ccc2c(-c3ccccc3C(=O)O)c3ccc(N(C)C)cc3[s+]c2c1.[Cl-]. The number of aromatic carboxylic acids is 1. The highest BCUT2D eigenvalue weighted by atomic mass is 35.5. The molecule has 0 atom stereocenters. The number of fused-ring (bicyclic) bond motifs is 2. The van der Waals surface area contributed by atoms with Crippen molar-refractivity contribution < 1.29 is 22.3 Å². The lowest BCUT2D eigenvalue weighted by atomic mass is 9.94. The quantitative estimate of drug-likeness (QED) is 0.393. The third kappa shape index (κ3) is 3.78. The van der Waals surface area contributed by atoms with Crippen molar-refractivity contribution in [3.05, 3.63) is 66.2 Å². The highest BCUT2D eigenvalue weighted by Gasteiger charge is 2.23. The standard InChI is InChI=1S/C24H22N2O2S.ClH/c1-25(2)15-9-11-19-21(13-15)29-22-14-16(26(3)4)10-12-20(22)23(19)17-7-5-6-8-18(17)24(27)28;/h5-14H,1-4H3;1H. The highest BCUT2D eigenvalue weighted by molar-refractivity contribution is 7.24. The van der Waals surface area contributed by atoms with Crippen LogP contribution in [0.3, 0.4) is 0 Å². The molecule has 0 unspecified atom stereocenters. The molecular weight excluding hydrogens is 416 g/mol. The summed E-state index contributed by atoms with van der Waals surface area (Å²) >= 11 is 1.74. The number of halogens is 1. The molecular formula is C24H23ClN2O2S. The second-order valence-corrected chi connectivity index (χ2v) is 8.56. The Labute approximate surface area is 186 Å². The summed E-state index contributed by atoms with van der Waals surface area (Å²) in [7, 11) is 8.10. The number of anilines is 2. The molecule has 1 heterocycles. The van der Waals surface area contributed by atoms with E-state index in [4.69, 9.17) is 0 Å². The zero-order chi connectivity index (χ0) is 20.7. The van der Waals surface area contributed by atoms with Crippen LogP contribution >= 0.6 is 11.3 Å². The Balaban J connectivity index is 0.00000256. The Morgan fingerprint density at radius 1 is 0.800 bits per heavy atom. The van der Waals surface area contributed by atoms with Gasteiger partial charge in [-0.1, -0.05) is 18.2 Å². The van der Waals surface area contributed by atoms with Gasteiger partial charge in [0.1, 0.15) is 0 Å². The second kappa shape index (κ2) is 8.46. The van der Waals surface area contributed by atoms with Crippen LogP contribution in [0.15, 0.2) is 60.7 Å². The maximum Gasteiger partial charge on any atom is 0.336 e. The molecule has 0 amide bonds. The van der Waals surface area contributed by atoms with Crippen LogP contribution in [0.1, 0.15) is 10.4 Å². The highest BCUT2D eigenvalue weighted by Crippen LogP contribution is 2.42. The first-order valence-corrected chi connectivity index (χ1v) is 10.2. The van der Waals surface area contributed by atoms with Crippen LogP contribution in [0.25, 0.3) is 31.3 Å². The number of rotatable bonds is 4. The largest absolute Gasteiger partial charge is 1.00 e. The molecule has 0 spiro atoms. The number of carbonyl (C=O) groups is 1. The van der Waals surface area contributed by atoms with Crippen molar-refractivity contribution in [2.75, 3.05) is 38.0 Å². The molecule has 1 N–H and O–H groups in total. The molecule has 3 aromatic carbocycles. The molecule has 0 fully saturated rings. The van der Waals surface area contributed by atoms with Crippen molar-refractivity contribution in [2.24, 2.45) is 0 Å². The van der Waals surface area contributed by atoms with Crippen molar-refractivity contribution in [2.45, 2.75) is 0 Å². The first-order chi connectivity index (χ1) is 13.9. The van der Waals surface area contributed by atoms with Crippen molar-refractivity contribution in [3.8, 4) is 11.1 Å². The topological polar surface area (TPSA) is 43.8 Å². The molecule has 0 saturated carbocycles. The van der Waals surface area contributed by atoms with E-state index in [-0.39, 0.29) is 12.4 Å². The van der Waals surface area contributed by atoms with Crippen molar-refractivity contribution in [1.82, 2.24) is 0 Å². The summed E-state index contributed by atoms with van der Waals surface area (Å²) in [6.45, 7) is 0. The Bertz CT molecular complexity index is 1190. The number of carboxylic acids is 1. The number of benzene rings is 3. The smallest absolute Gasteiger partial charge is 0.336 e. The van der Waals surface area contributed by atoms with E-state index in [1.54, 1.807) is 23.5 Å². The summed E-state index contributed by atoms with van der Waals surface area (Å²) in [6, 6.07) is 20.0. The van der Waals surface area contributed by atoms with Crippen LogP contribution in [-0.4, -0.2) is 39.3 Å². The van der Waals surface area contributed by atoms with Gasteiger partial charge in [-0.3, -0.25) is 0 Å². The van der Waals surface area contributed by atoms with Gasteiger partial charge >= 0.3 is 5.97 Å². The van der Waals surface area contributed by atoms with Gasteiger partial charge in [-0.25, -0.2) is 4.79 Å². The van der Waals surface area contributed by atoms with Crippen molar-refractivity contribution in [3.63, 3.8) is 0 Å². The van der Waals surface area contributed by atoms with Gasteiger partial charge in [0.15, 0.2) is 0 Å². The van der Waals surface area contributed by atoms with E-state index in [2.05, 4.69) is 46.2 Å². The number of hydrogen-bond donors (Lipinski definition) is 1. The van der Waals surface area contributed by atoms with Gasteiger partial charge in [0, 0.05) is 68.0 Å². The Morgan fingerprint density at radius 3 is 1.77 bits per heavy atom. The van der Waals surface area contributed by atoms with E-state index >= 15 is 0 Å². The molecule has 4 nitrogen and oxygen atoms in total. The van der Waals surface area contributed by atoms with Gasteiger partial charge in [0.2, 0.25) is 20.7 Å². The molecule has 154 valence electrons. The van der Waals surface area contributed by atoms with E-state index in [0.29, 0.717) is 5.56 Å². The molecule has 0 aliphatic rings. The Kier molecular flexibility index (Phi) is 6.15. The minimum atomic E-state index is -0.913. The molecule has 4 rings (SSSR count). The number of nitrogens with zero attached hydrogens (tertiary/aromatic N) is 2. The minimum Gasteiger partial charge on any atom is -1.00 e. The predicted molar refractivity (Wildman–Crippen MR) is 125 cm³/mol. The lowest BCUT2D eigenvalue weighted by molar-refractivity contribution is -0.0000212. The summed E-state index contributed by atoms with van der Waals surface area (Å²) in [4.78, 5) is 16.1. The normalized spacial score (nSPS) is 10.7. The Morgan fingerprint density at radius 2 is 1.30 bits per heavy atom. The zero-order valence-corrected chi connectivity index (χ0v) is 18.9. The van der Waals surface area contributed by atoms with E-state index in [1.807, 2.05) is 40.3 Å². The summed E-state index contributed by atoms with van der Waals surface area (Å²) in [5.41, 5.74) is 4.28. The summed E-state index contributed by atoms with van der Waals surface area (Å²) < 4.78 is 2.27. The fourth-order valence-corrected chi connectivity index (χ4v) is 4.76. The van der Waals surface area contributed by atoms with Crippen LogP contribution < -0.4 is 22.2 Å². The van der Waals surface area contributed by atoms with E-state index < -0.39 is 5.97 Å². The first-order valence-electron chi connectivity index (χ1n) is 9.38. The summed E-state index contributed by atoms with van der Waals surface area (Å²) in [6.07, 6.45) is 0. The lowest BCUT2D eigenvalue weighted by Gasteiger charge is -2.15. The summed E-state index contributed by atoms with van der Waals surface area (Å²) in [5.74, 6) is -0.913. The van der Waals surface area contributed by atoms with Gasteiger partial charge in [-0.15, -0.1) is 0 Å². The third-order valence-corrected chi connectivity index (χ3v) is 6.26. The maximum absolute atomic E-state index is 11.9. The maximum atomic E-state index is 11.9. The van der Waals surface area contributed by atoms with Gasteiger partial charge in [0.25, 0.3) is 0 Å². The van der Waals surface area contributed by atoms with E-state index in [0.717, 1.165) is 42.7 Å². The van der Waals surface area contributed by atoms with Crippen LogP contribution in [0.2, 0.25) is 0 Å². The molecule has 4 aromatic rings.